The van der Waals surface area contributed by atoms with Crippen LogP contribution in [-0.2, 0) is 11.2 Å². The molecule has 0 unspecified atom stereocenters. The molecule has 0 aromatic heterocycles. The molecule has 0 bridgehead atoms. The number of hydrogen-bond donors (Lipinski definition) is 4. The Hall–Kier alpha value is -5.19. The SMILES string of the molecule is NC(=O)NN=C1C=CC(OCCCCCCCNC(=O)NN=NCCCCCCCOc2cccc3c4c(ccc23)-c2ccccc2C4)=CC1. The normalized spacial score (nSPS) is 14.0. The van der Waals surface area contributed by atoms with E-state index in [9.17, 15) is 9.59 Å². The van der Waals surface area contributed by atoms with Crippen molar-refractivity contribution in [2.45, 2.75) is 77.0 Å². The quantitative estimate of drug-likeness (QED) is 0.0422. The highest BCUT2D eigenvalue weighted by atomic mass is 16.5. The number of amides is 4. The van der Waals surface area contributed by atoms with E-state index in [0.29, 0.717) is 38.4 Å². The van der Waals surface area contributed by atoms with Crippen molar-refractivity contribution in [3.8, 4) is 16.9 Å². The Kier molecular flexibility index (Phi) is 14.2. The molecule has 50 heavy (non-hydrogen) atoms. The number of primary amides is 1. The summed E-state index contributed by atoms with van der Waals surface area (Å²) in [6.45, 7) is 2.56. The van der Waals surface area contributed by atoms with Crippen molar-refractivity contribution in [1.29, 1.82) is 0 Å². The smallest absolute Gasteiger partial charge is 0.336 e. The number of unbranched alkanes of at least 4 members (excludes halogenated alkanes) is 8. The predicted octanol–water partition coefficient (Wildman–Crippen LogP) is 8.24. The zero-order valence-electron chi connectivity index (χ0n) is 28.8. The Balaban J connectivity index is 0.816. The molecule has 5 N–H and O–H groups in total. The number of nitrogens with one attached hydrogen (secondary N) is 3. The van der Waals surface area contributed by atoms with Gasteiger partial charge in [0.25, 0.3) is 0 Å². The van der Waals surface area contributed by atoms with Gasteiger partial charge in [-0.3, -0.25) is 0 Å². The van der Waals surface area contributed by atoms with Gasteiger partial charge in [0.2, 0.25) is 0 Å². The summed E-state index contributed by atoms with van der Waals surface area (Å²) in [5.74, 6) is 1.77. The highest BCUT2D eigenvalue weighted by Gasteiger charge is 2.20. The van der Waals surface area contributed by atoms with Crippen LogP contribution in [0.4, 0.5) is 9.59 Å². The molecule has 11 nitrogen and oxygen atoms in total. The number of urea groups is 2. The first-order valence-electron chi connectivity index (χ1n) is 17.9. The second kappa shape index (κ2) is 19.7. The summed E-state index contributed by atoms with van der Waals surface area (Å²) in [6, 6.07) is 18.5. The first-order chi connectivity index (χ1) is 24.6. The first kappa shape index (κ1) is 36.1. The molecule has 0 saturated carbocycles. The third kappa shape index (κ3) is 11.2. The molecule has 0 saturated heterocycles. The van der Waals surface area contributed by atoms with Gasteiger partial charge < -0.3 is 20.5 Å². The molecule has 4 amide bonds. The number of hydrogen-bond acceptors (Lipinski definition) is 7. The van der Waals surface area contributed by atoms with E-state index >= 15 is 0 Å². The molecule has 0 fully saturated rings. The number of nitrogens with zero attached hydrogens (tertiary/aromatic N) is 3. The van der Waals surface area contributed by atoms with Crippen LogP contribution < -0.4 is 26.6 Å². The monoisotopic (exact) mass is 679 g/mol. The standard InChI is InChI=1S/C39H49N7O4/c40-38(47)44-43-30-18-20-31(21-19-30)49-26-11-5-1-3-9-24-41-39(48)45-46-42-25-10-4-2-6-12-27-50-37-17-13-16-33-35(37)23-22-34-32-15-8-7-14-29(32)28-36(33)34/h7-8,13-18,20-23H,1-6,9-12,19,24-28H2,(H3,40,44,47)(H2,41,42,45,48). The van der Waals surface area contributed by atoms with Crippen molar-refractivity contribution < 1.29 is 19.1 Å². The van der Waals surface area contributed by atoms with Crippen LogP contribution in [0.25, 0.3) is 21.9 Å². The van der Waals surface area contributed by atoms with Gasteiger partial charge in [0.1, 0.15) is 11.5 Å². The highest BCUT2D eigenvalue weighted by molar-refractivity contribution is 5.98. The summed E-state index contributed by atoms with van der Waals surface area (Å²) in [6.07, 6.45) is 17.4. The van der Waals surface area contributed by atoms with Crippen molar-refractivity contribution in [1.82, 2.24) is 16.2 Å². The van der Waals surface area contributed by atoms with Crippen molar-refractivity contribution >= 4 is 28.5 Å². The lowest BCUT2D eigenvalue weighted by molar-refractivity contribution is 0.215. The van der Waals surface area contributed by atoms with Gasteiger partial charge in [0.15, 0.2) is 0 Å². The molecule has 0 atom stereocenters. The molecule has 264 valence electrons. The molecule has 0 radical (unpaired) electrons. The Morgan fingerprint density at radius 1 is 0.740 bits per heavy atom. The maximum atomic E-state index is 11.9. The van der Waals surface area contributed by atoms with Crippen LogP contribution in [0.5, 0.6) is 5.75 Å². The first-order valence-corrected chi connectivity index (χ1v) is 17.9. The number of carbonyl (C=O) groups excluding carboxylic acids is 2. The molecule has 2 aliphatic carbocycles. The summed E-state index contributed by atoms with van der Waals surface area (Å²) in [4.78, 5) is 22.6. The summed E-state index contributed by atoms with van der Waals surface area (Å²) >= 11 is 0. The number of nitrogens with two attached hydrogens (primary N) is 1. The van der Waals surface area contributed by atoms with E-state index in [1.807, 2.05) is 12.2 Å². The fourth-order valence-corrected chi connectivity index (χ4v) is 6.24. The molecule has 0 spiro atoms. The van der Waals surface area contributed by atoms with E-state index in [1.165, 1.54) is 33.0 Å². The van der Waals surface area contributed by atoms with Crippen LogP contribution in [0.1, 0.15) is 81.8 Å². The van der Waals surface area contributed by atoms with Gasteiger partial charge in [-0.15, -0.1) is 0 Å². The van der Waals surface area contributed by atoms with E-state index < -0.39 is 6.03 Å². The van der Waals surface area contributed by atoms with Gasteiger partial charge in [-0.25, -0.2) is 20.4 Å². The summed E-state index contributed by atoms with van der Waals surface area (Å²) in [5.41, 5.74) is 15.9. The highest BCUT2D eigenvalue weighted by Crippen LogP contribution is 2.42. The minimum absolute atomic E-state index is 0.324. The fraction of sp³-hybridized carbons (Fsp3) is 0.410. The largest absolute Gasteiger partial charge is 0.494 e. The second-order valence-electron chi connectivity index (χ2n) is 12.6. The third-order valence-electron chi connectivity index (χ3n) is 8.83. The van der Waals surface area contributed by atoms with Crippen LogP contribution in [-0.4, -0.2) is 44.1 Å². The van der Waals surface area contributed by atoms with Gasteiger partial charge in [0, 0.05) is 18.4 Å². The molecule has 0 aliphatic heterocycles. The maximum Gasteiger partial charge on any atom is 0.336 e. The van der Waals surface area contributed by atoms with Crippen LogP contribution in [0.2, 0.25) is 0 Å². The topological polar surface area (TPSA) is 152 Å². The van der Waals surface area contributed by atoms with Crippen molar-refractivity contribution in [3.63, 3.8) is 0 Å². The molecule has 3 aromatic rings. The zero-order valence-corrected chi connectivity index (χ0v) is 28.8. The van der Waals surface area contributed by atoms with Crippen LogP contribution in [0.3, 0.4) is 0 Å². The van der Waals surface area contributed by atoms with Crippen LogP contribution in [0, 0.1) is 0 Å². The number of benzene rings is 3. The van der Waals surface area contributed by atoms with Crippen LogP contribution in [0.15, 0.2) is 94.0 Å². The van der Waals surface area contributed by atoms with Gasteiger partial charge >= 0.3 is 12.1 Å². The number of ether oxygens (including phenoxy) is 2. The van der Waals surface area contributed by atoms with E-state index in [-0.39, 0.29) is 6.03 Å². The Labute approximate surface area is 294 Å². The summed E-state index contributed by atoms with van der Waals surface area (Å²) in [5, 5.41) is 17.1. The minimum Gasteiger partial charge on any atom is -0.494 e. The Morgan fingerprint density at radius 3 is 2.34 bits per heavy atom. The molecule has 2 aliphatic rings. The average molecular weight is 680 g/mol. The van der Waals surface area contributed by atoms with E-state index in [1.54, 1.807) is 6.08 Å². The van der Waals surface area contributed by atoms with Crippen molar-refractivity contribution in [2.24, 2.45) is 21.2 Å². The fourth-order valence-electron chi connectivity index (χ4n) is 6.24. The summed E-state index contributed by atoms with van der Waals surface area (Å²) in [7, 11) is 0. The predicted molar refractivity (Wildman–Crippen MR) is 198 cm³/mol. The molecule has 11 heteroatoms. The number of carbonyl (C=O) groups is 2. The van der Waals surface area contributed by atoms with Crippen LogP contribution >= 0.6 is 0 Å². The lowest BCUT2D eigenvalue weighted by Crippen LogP contribution is -2.32. The molecule has 5 rings (SSSR count). The minimum atomic E-state index is -0.684. The number of fused-ring (bicyclic) bond motifs is 5. The molecular weight excluding hydrogens is 630 g/mol. The molecule has 3 aromatic carbocycles. The van der Waals surface area contributed by atoms with Gasteiger partial charge in [-0.05, 0) is 84.0 Å². The lowest BCUT2D eigenvalue weighted by Gasteiger charge is -2.12. The number of rotatable bonds is 20. The van der Waals surface area contributed by atoms with Gasteiger partial charge in [-0.2, -0.15) is 10.2 Å². The molecular formula is C39H49N7O4. The van der Waals surface area contributed by atoms with E-state index in [0.717, 1.165) is 82.1 Å². The zero-order chi connectivity index (χ0) is 34.8. The Bertz CT molecular complexity index is 1720. The van der Waals surface area contributed by atoms with Crippen molar-refractivity contribution in [2.75, 3.05) is 26.3 Å². The van der Waals surface area contributed by atoms with Gasteiger partial charge in [-0.1, -0.05) is 92.3 Å². The third-order valence-corrected chi connectivity index (χ3v) is 8.83. The van der Waals surface area contributed by atoms with E-state index in [4.69, 9.17) is 15.2 Å². The molecule has 0 heterocycles. The number of allylic oxidation sites excluding steroid dienone is 3. The second-order valence-corrected chi connectivity index (χ2v) is 12.6. The van der Waals surface area contributed by atoms with Gasteiger partial charge in [0.05, 0.1) is 25.5 Å². The maximum absolute atomic E-state index is 11.9. The number of hydrazone groups is 1. The average Bonchev–Trinajstić information content (AvgIpc) is 3.52. The summed E-state index contributed by atoms with van der Waals surface area (Å²) < 4.78 is 12.0. The lowest BCUT2D eigenvalue weighted by atomic mass is 9.99. The van der Waals surface area contributed by atoms with E-state index in [2.05, 4.69) is 86.2 Å². The Morgan fingerprint density at radius 2 is 1.52 bits per heavy atom. The van der Waals surface area contributed by atoms with Crippen molar-refractivity contribution in [3.05, 3.63) is 89.7 Å².